The van der Waals surface area contributed by atoms with Crippen LogP contribution in [0.15, 0.2) is 12.4 Å². The maximum Gasteiger partial charge on any atom is 0.101 e. The summed E-state index contributed by atoms with van der Waals surface area (Å²) in [5.41, 5.74) is 0. The van der Waals surface area contributed by atoms with Crippen molar-refractivity contribution in [2.75, 3.05) is 6.54 Å². The average molecular weight is 210 g/mol. The van der Waals surface area contributed by atoms with E-state index in [2.05, 4.69) is 49.9 Å². The minimum atomic E-state index is 0.613. The van der Waals surface area contributed by atoms with Gasteiger partial charge in [0.25, 0.3) is 0 Å². The maximum atomic E-state index is 2.51. The molecule has 0 N–H and O–H groups in total. The minimum Gasteiger partial charge on any atom is -0.356 e. The van der Waals surface area contributed by atoms with Crippen molar-refractivity contribution in [1.82, 2.24) is 9.80 Å². The van der Waals surface area contributed by atoms with Gasteiger partial charge < -0.3 is 9.80 Å². The van der Waals surface area contributed by atoms with Gasteiger partial charge in [0.05, 0.1) is 0 Å². The van der Waals surface area contributed by atoms with E-state index < -0.39 is 0 Å². The number of hydrogen-bond acceptors (Lipinski definition) is 2. The van der Waals surface area contributed by atoms with Crippen LogP contribution in [0.1, 0.15) is 53.4 Å². The normalized spacial score (nSPS) is 20.7. The van der Waals surface area contributed by atoms with Crippen molar-refractivity contribution in [3.8, 4) is 0 Å². The van der Waals surface area contributed by atoms with Crippen LogP contribution in [-0.4, -0.2) is 28.6 Å². The van der Waals surface area contributed by atoms with E-state index >= 15 is 0 Å². The summed E-state index contributed by atoms with van der Waals surface area (Å²) < 4.78 is 0. The lowest BCUT2D eigenvalue weighted by atomic mass is 10.2. The molecule has 2 heteroatoms. The van der Waals surface area contributed by atoms with Crippen LogP contribution in [0.5, 0.6) is 0 Å². The molecule has 0 aromatic carbocycles. The zero-order valence-electron chi connectivity index (χ0n) is 10.7. The van der Waals surface area contributed by atoms with Gasteiger partial charge >= 0.3 is 0 Å². The Morgan fingerprint density at radius 1 is 1.13 bits per heavy atom. The molecule has 1 unspecified atom stereocenters. The fourth-order valence-corrected chi connectivity index (χ4v) is 2.19. The highest BCUT2D eigenvalue weighted by molar-refractivity contribution is 4.98. The molecule has 0 fully saturated rings. The monoisotopic (exact) mass is 210 g/mol. The molecule has 1 rings (SSSR count). The molecule has 0 saturated carbocycles. The fourth-order valence-electron chi connectivity index (χ4n) is 2.19. The molecular formula is C13H26N2. The molecule has 1 heterocycles. The van der Waals surface area contributed by atoms with Gasteiger partial charge in [0.15, 0.2) is 0 Å². The van der Waals surface area contributed by atoms with Crippen molar-refractivity contribution in [3.05, 3.63) is 12.4 Å². The molecule has 2 nitrogen and oxygen atoms in total. The Labute approximate surface area is 94.9 Å². The largest absolute Gasteiger partial charge is 0.356 e. The summed E-state index contributed by atoms with van der Waals surface area (Å²) in [4.78, 5) is 4.99. The van der Waals surface area contributed by atoms with Crippen molar-refractivity contribution >= 4 is 0 Å². The van der Waals surface area contributed by atoms with Gasteiger partial charge in [-0.1, -0.05) is 26.7 Å². The first-order valence-corrected chi connectivity index (χ1v) is 6.42. The molecule has 0 radical (unpaired) electrons. The molecule has 1 atom stereocenters. The molecule has 0 bridgehead atoms. The highest BCUT2D eigenvalue weighted by Crippen LogP contribution is 2.22. The molecule has 0 amide bonds. The molecule has 1 aliphatic rings. The molecule has 0 saturated heterocycles. The van der Waals surface area contributed by atoms with Gasteiger partial charge in [-0.15, -0.1) is 0 Å². The lowest BCUT2D eigenvalue weighted by Crippen LogP contribution is -2.42. The Bertz CT molecular complexity index is 199. The Hall–Kier alpha value is -0.660. The SMILES string of the molecule is CCCCN1C=CN(C(C)C)C1CCC. The second-order valence-corrected chi connectivity index (χ2v) is 4.70. The van der Waals surface area contributed by atoms with Crippen LogP contribution in [0, 0.1) is 0 Å². The molecule has 0 aliphatic carbocycles. The van der Waals surface area contributed by atoms with Gasteiger partial charge in [-0.25, -0.2) is 0 Å². The second-order valence-electron chi connectivity index (χ2n) is 4.70. The number of hydrogen-bond donors (Lipinski definition) is 0. The summed E-state index contributed by atoms with van der Waals surface area (Å²) in [5, 5.41) is 0. The van der Waals surface area contributed by atoms with E-state index in [1.807, 2.05) is 0 Å². The smallest absolute Gasteiger partial charge is 0.101 e. The Morgan fingerprint density at radius 2 is 1.87 bits per heavy atom. The summed E-state index contributed by atoms with van der Waals surface area (Å²) >= 11 is 0. The lowest BCUT2D eigenvalue weighted by molar-refractivity contribution is 0.116. The first kappa shape index (κ1) is 12.4. The zero-order valence-corrected chi connectivity index (χ0v) is 10.7. The van der Waals surface area contributed by atoms with Crippen molar-refractivity contribution < 1.29 is 0 Å². The summed E-state index contributed by atoms with van der Waals surface area (Å²) in [6, 6.07) is 0.615. The van der Waals surface area contributed by atoms with E-state index in [4.69, 9.17) is 0 Å². The van der Waals surface area contributed by atoms with Crippen molar-refractivity contribution in [1.29, 1.82) is 0 Å². The van der Waals surface area contributed by atoms with E-state index in [-0.39, 0.29) is 0 Å². The third-order valence-electron chi connectivity index (χ3n) is 3.07. The Morgan fingerprint density at radius 3 is 2.40 bits per heavy atom. The van der Waals surface area contributed by atoms with Gasteiger partial charge in [-0.3, -0.25) is 0 Å². The summed E-state index contributed by atoms with van der Waals surface area (Å²) in [6.45, 7) is 10.3. The molecule has 88 valence electrons. The van der Waals surface area contributed by atoms with Crippen LogP contribution < -0.4 is 0 Å². The number of unbranched alkanes of at least 4 members (excludes halogenated alkanes) is 1. The first-order chi connectivity index (χ1) is 7.20. The van der Waals surface area contributed by atoms with E-state index in [1.54, 1.807) is 0 Å². The van der Waals surface area contributed by atoms with Crippen molar-refractivity contribution in [2.24, 2.45) is 0 Å². The summed E-state index contributed by atoms with van der Waals surface area (Å²) in [7, 11) is 0. The third kappa shape index (κ3) is 3.15. The number of nitrogens with zero attached hydrogens (tertiary/aromatic N) is 2. The first-order valence-electron chi connectivity index (χ1n) is 6.42. The predicted molar refractivity (Wildman–Crippen MR) is 66.4 cm³/mol. The number of rotatable bonds is 6. The highest BCUT2D eigenvalue weighted by Gasteiger charge is 2.26. The zero-order chi connectivity index (χ0) is 11.3. The highest BCUT2D eigenvalue weighted by atomic mass is 15.4. The lowest BCUT2D eigenvalue weighted by Gasteiger charge is -2.35. The van der Waals surface area contributed by atoms with Crippen LogP contribution in [0.4, 0.5) is 0 Å². The van der Waals surface area contributed by atoms with Crippen LogP contribution >= 0.6 is 0 Å². The third-order valence-corrected chi connectivity index (χ3v) is 3.07. The van der Waals surface area contributed by atoms with Gasteiger partial charge in [-0.05, 0) is 26.7 Å². The van der Waals surface area contributed by atoms with Gasteiger partial charge in [0.1, 0.15) is 6.17 Å². The van der Waals surface area contributed by atoms with Gasteiger partial charge in [0.2, 0.25) is 0 Å². The van der Waals surface area contributed by atoms with Crippen LogP contribution in [0.2, 0.25) is 0 Å². The van der Waals surface area contributed by atoms with E-state index in [9.17, 15) is 0 Å². The van der Waals surface area contributed by atoms with Crippen LogP contribution in [0.3, 0.4) is 0 Å². The molecule has 1 aliphatic heterocycles. The maximum absolute atomic E-state index is 2.51. The summed E-state index contributed by atoms with van der Waals surface area (Å²) in [5.74, 6) is 0. The summed E-state index contributed by atoms with van der Waals surface area (Å²) in [6.07, 6.45) is 10.3. The van der Waals surface area contributed by atoms with E-state index in [0.29, 0.717) is 12.2 Å². The Balaban J connectivity index is 2.54. The predicted octanol–water partition coefficient (Wildman–Crippen LogP) is 3.41. The van der Waals surface area contributed by atoms with Gasteiger partial charge in [-0.2, -0.15) is 0 Å². The average Bonchev–Trinajstić information content (AvgIpc) is 2.59. The van der Waals surface area contributed by atoms with E-state index in [1.165, 1.54) is 32.2 Å². The van der Waals surface area contributed by atoms with Crippen molar-refractivity contribution in [3.63, 3.8) is 0 Å². The van der Waals surface area contributed by atoms with Gasteiger partial charge in [0, 0.05) is 25.0 Å². The molecule has 0 aromatic rings. The van der Waals surface area contributed by atoms with E-state index in [0.717, 1.165) is 0 Å². The molecule has 0 spiro atoms. The van der Waals surface area contributed by atoms with Crippen molar-refractivity contribution in [2.45, 2.75) is 65.6 Å². The molecular weight excluding hydrogens is 184 g/mol. The topological polar surface area (TPSA) is 6.48 Å². The molecule has 0 aromatic heterocycles. The standard InChI is InChI=1S/C13H26N2/c1-5-7-9-14-10-11-15(12(3)4)13(14)8-6-2/h10-13H,5-9H2,1-4H3. The Kier molecular flexibility index (Phi) is 5.00. The quantitative estimate of drug-likeness (QED) is 0.663. The molecule has 15 heavy (non-hydrogen) atoms. The fraction of sp³-hybridized carbons (Fsp3) is 0.846. The second kappa shape index (κ2) is 6.04. The van der Waals surface area contributed by atoms with Crippen LogP contribution in [0.25, 0.3) is 0 Å². The minimum absolute atomic E-state index is 0.613. The van der Waals surface area contributed by atoms with Crippen LogP contribution in [-0.2, 0) is 0 Å².